The minimum absolute atomic E-state index is 0.0766. The van der Waals surface area contributed by atoms with E-state index in [4.69, 9.17) is 0 Å². The van der Waals surface area contributed by atoms with Gasteiger partial charge in [0.25, 0.3) is 0 Å². The molecule has 0 N–H and O–H groups in total. The van der Waals surface area contributed by atoms with E-state index in [1.165, 1.54) is 141 Å². The van der Waals surface area contributed by atoms with Crippen molar-refractivity contribution in [3.63, 3.8) is 0 Å². The third-order valence-electron chi connectivity index (χ3n) is 8.76. The number of unbranched alkanes of at least 4 members (excludes halogenated alkanes) is 22. The molecule has 0 unspecified atom stereocenters. The number of amides is 2. The van der Waals surface area contributed by atoms with Gasteiger partial charge in [-0.3, -0.25) is 4.18 Å². The van der Waals surface area contributed by atoms with Gasteiger partial charge in [-0.2, -0.15) is 0 Å². The summed E-state index contributed by atoms with van der Waals surface area (Å²) in [5.41, 5.74) is 0. The fraction of sp³-hybridized carbons (Fsp3) is 0.846. The van der Waals surface area contributed by atoms with Crippen LogP contribution < -0.4 is 0 Å². The normalized spacial score (nSPS) is 12.1. The van der Waals surface area contributed by atoms with E-state index in [0.29, 0.717) is 12.8 Å². The third kappa shape index (κ3) is 35.8. The molecule has 0 aromatic carbocycles. The van der Waals surface area contributed by atoms with Crippen LogP contribution in [0.5, 0.6) is 0 Å². The van der Waals surface area contributed by atoms with Gasteiger partial charge in [-0.15, -0.1) is 0 Å². The average Bonchev–Trinajstić information content (AvgIpc) is 3.04. The summed E-state index contributed by atoms with van der Waals surface area (Å²) < 4.78 is 30.9. The second-order valence-corrected chi connectivity index (χ2v) is 14.6. The van der Waals surface area contributed by atoms with Crippen LogP contribution in [0.25, 0.3) is 0 Å². The fourth-order valence-corrected chi connectivity index (χ4v) is 5.39. The number of carbonyl (C=O) groups is 2. The maximum atomic E-state index is 12.7. The van der Waals surface area contributed by atoms with Crippen LogP contribution in [0.2, 0.25) is 0 Å². The Bertz CT molecular complexity index is 828. The summed E-state index contributed by atoms with van der Waals surface area (Å²) in [6.07, 6.45) is 43.1. The first kappa shape index (κ1) is 47.8. The second kappa shape index (κ2) is 34.5. The summed E-state index contributed by atoms with van der Waals surface area (Å²) in [5.74, 6) is 0.167. The topological polar surface area (TPSA) is 101 Å². The molecule has 0 bridgehead atoms. The molecule has 278 valence electrons. The highest BCUT2D eigenvalue weighted by atomic mass is 32.3. The number of nitrogens with zero attached hydrogens (tertiary/aromatic N) is 1. The Kier molecular flexibility index (Phi) is 35.1. The van der Waals surface area contributed by atoms with Gasteiger partial charge in [0.2, 0.25) is 10.4 Å². The lowest BCUT2D eigenvalue weighted by Crippen LogP contribution is -2.50. The molecule has 0 heterocycles. The molecule has 0 aliphatic rings. The van der Waals surface area contributed by atoms with Crippen molar-refractivity contribution in [1.82, 2.24) is 0 Å². The maximum absolute atomic E-state index is 12.7. The Morgan fingerprint density at radius 2 is 0.745 bits per heavy atom. The Hall–Kier alpha value is -1.35. The first-order valence-electron chi connectivity index (χ1n) is 19.2. The van der Waals surface area contributed by atoms with Crippen molar-refractivity contribution in [2.75, 3.05) is 21.2 Å². The highest BCUT2D eigenvalue weighted by Gasteiger charge is 2.33. The van der Waals surface area contributed by atoms with Gasteiger partial charge in [0.1, 0.15) is 0 Å². The third-order valence-corrected chi connectivity index (χ3v) is 9.16. The van der Waals surface area contributed by atoms with Crippen LogP contribution in [-0.4, -0.2) is 50.5 Å². The first-order chi connectivity index (χ1) is 22.5. The second-order valence-electron chi connectivity index (χ2n) is 13.5. The van der Waals surface area contributed by atoms with Gasteiger partial charge in [0.15, 0.2) is 0 Å². The average molecular weight is 686 g/mol. The SMILES string of the molecule is CCCCCCCC/C=C\CCCCCCCC(=O)[N+](C)(C)C(=O)CCCCCCC/C=C\CCCCCCCC.COS(=O)(=O)[O-]. The van der Waals surface area contributed by atoms with Crippen LogP contribution in [0.4, 0.5) is 0 Å². The molecule has 47 heavy (non-hydrogen) atoms. The minimum atomic E-state index is -4.41. The van der Waals surface area contributed by atoms with Crippen molar-refractivity contribution in [2.45, 2.75) is 194 Å². The monoisotopic (exact) mass is 686 g/mol. The molecule has 0 spiro atoms. The van der Waals surface area contributed by atoms with Gasteiger partial charge in [-0.25, -0.2) is 22.5 Å². The molecule has 7 nitrogen and oxygen atoms in total. The van der Waals surface area contributed by atoms with E-state index >= 15 is 0 Å². The molecule has 0 rings (SSSR count). The smallest absolute Gasteiger partial charge is 0.320 e. The summed E-state index contributed by atoms with van der Waals surface area (Å²) >= 11 is 0. The molecule has 0 atom stereocenters. The molecule has 2 amide bonds. The molecule has 0 saturated carbocycles. The number of hydrogen-bond donors (Lipinski definition) is 0. The lowest BCUT2D eigenvalue weighted by Gasteiger charge is -2.24. The van der Waals surface area contributed by atoms with Gasteiger partial charge < -0.3 is 4.55 Å². The van der Waals surface area contributed by atoms with Crippen LogP contribution in [0, 0.1) is 0 Å². The number of imide groups is 1. The van der Waals surface area contributed by atoms with Crippen LogP contribution in [0.3, 0.4) is 0 Å². The molecule has 0 aliphatic carbocycles. The van der Waals surface area contributed by atoms with Crippen molar-refractivity contribution in [3.8, 4) is 0 Å². The first-order valence-corrected chi connectivity index (χ1v) is 20.6. The van der Waals surface area contributed by atoms with E-state index in [0.717, 1.165) is 32.8 Å². The summed E-state index contributed by atoms with van der Waals surface area (Å²) in [5, 5.41) is 0. The van der Waals surface area contributed by atoms with E-state index < -0.39 is 10.4 Å². The van der Waals surface area contributed by atoms with Gasteiger partial charge in [-0.1, -0.05) is 141 Å². The fourth-order valence-electron chi connectivity index (χ4n) is 5.39. The summed E-state index contributed by atoms with van der Waals surface area (Å²) in [7, 11) is -0.0213. The number of carbonyl (C=O) groups excluding carboxylic acids is 2. The standard InChI is InChI=1S/C38H72NO2.CH4O4S/c1-5-7-9-11-13-15-17-19-21-23-25-27-29-31-33-35-37(40)39(3,4)38(41)36-34-32-30-28-26-24-22-20-18-16-14-12-10-8-6-2;1-5-6(2,3)4/h19-22H,5-18,23-36H2,1-4H3;1H3,(H,2,3,4)/q+1;/p-1/b21-19-,22-20-;. The number of allylic oxidation sites excluding steroid dienone is 4. The van der Waals surface area contributed by atoms with E-state index in [1.807, 2.05) is 0 Å². The Morgan fingerprint density at radius 1 is 0.511 bits per heavy atom. The van der Waals surface area contributed by atoms with Crippen LogP contribution >= 0.6 is 0 Å². The molecule has 0 aromatic rings. The van der Waals surface area contributed by atoms with Gasteiger partial charge in [0.05, 0.1) is 34.0 Å². The number of rotatable bonds is 31. The molecule has 0 saturated heterocycles. The predicted molar refractivity (Wildman–Crippen MR) is 198 cm³/mol. The van der Waals surface area contributed by atoms with E-state index in [9.17, 15) is 22.6 Å². The van der Waals surface area contributed by atoms with Crippen molar-refractivity contribution in [3.05, 3.63) is 24.3 Å². The van der Waals surface area contributed by atoms with Crippen molar-refractivity contribution >= 4 is 22.2 Å². The minimum Gasteiger partial charge on any atom is -0.726 e. The van der Waals surface area contributed by atoms with Gasteiger partial charge in [0, 0.05) is 0 Å². The van der Waals surface area contributed by atoms with E-state index in [2.05, 4.69) is 42.3 Å². The van der Waals surface area contributed by atoms with Crippen LogP contribution in [0.15, 0.2) is 24.3 Å². The Morgan fingerprint density at radius 3 is 1.00 bits per heavy atom. The predicted octanol–water partition coefficient (Wildman–Crippen LogP) is 11.3. The molecule has 0 radical (unpaired) electrons. The van der Waals surface area contributed by atoms with Crippen molar-refractivity contribution in [1.29, 1.82) is 0 Å². The Labute approximate surface area is 291 Å². The zero-order valence-corrected chi connectivity index (χ0v) is 32.2. The van der Waals surface area contributed by atoms with E-state index in [-0.39, 0.29) is 16.3 Å². The molecule has 0 fully saturated rings. The molecule has 0 aromatic heterocycles. The van der Waals surface area contributed by atoms with Gasteiger partial charge >= 0.3 is 11.8 Å². The zero-order chi connectivity index (χ0) is 35.5. The largest absolute Gasteiger partial charge is 0.726 e. The number of quaternary nitrogens is 1. The quantitative estimate of drug-likeness (QED) is 0.0237. The lowest BCUT2D eigenvalue weighted by atomic mass is 10.1. The van der Waals surface area contributed by atoms with Crippen molar-refractivity contribution < 1.29 is 31.2 Å². The maximum Gasteiger partial charge on any atom is 0.320 e. The Balaban J connectivity index is 0. The summed E-state index contributed by atoms with van der Waals surface area (Å²) in [6, 6.07) is 0. The molecule has 0 aliphatic heterocycles. The van der Waals surface area contributed by atoms with Crippen LogP contribution in [-0.2, 0) is 24.2 Å². The van der Waals surface area contributed by atoms with Crippen molar-refractivity contribution in [2.24, 2.45) is 0 Å². The van der Waals surface area contributed by atoms with Crippen LogP contribution in [0.1, 0.15) is 194 Å². The zero-order valence-electron chi connectivity index (χ0n) is 31.4. The summed E-state index contributed by atoms with van der Waals surface area (Å²) in [6.45, 7) is 4.54. The molecular formula is C39H75NO6S. The van der Waals surface area contributed by atoms with Gasteiger partial charge in [-0.05, 0) is 64.2 Å². The molecule has 8 heteroatoms. The number of hydrogen-bond acceptors (Lipinski definition) is 6. The highest BCUT2D eigenvalue weighted by Crippen LogP contribution is 2.15. The summed E-state index contributed by atoms with van der Waals surface area (Å²) in [4.78, 5) is 25.5. The highest BCUT2D eigenvalue weighted by molar-refractivity contribution is 7.80. The lowest BCUT2D eigenvalue weighted by molar-refractivity contribution is -0.736. The van der Waals surface area contributed by atoms with E-state index in [1.54, 1.807) is 14.1 Å². The molecular weight excluding hydrogens is 610 g/mol.